The standard InChI is InChI=1S/C25H33N3O6/c1-9-10-18(27-23(31)34-25(5,6)7)21(29)26-15-16-13-20(22(30)33-24(2,3)4)28-12-11-17(32-8)14-19(16)28/h1,11-14,18H,10,15H2,2-8H3,(H,26,29)(H,27,31). The van der Waals surface area contributed by atoms with Crippen LogP contribution in [-0.2, 0) is 20.8 Å². The van der Waals surface area contributed by atoms with Crippen LogP contribution in [0.2, 0.25) is 0 Å². The molecule has 0 radical (unpaired) electrons. The average molecular weight is 472 g/mol. The Kier molecular flexibility index (Phi) is 8.22. The molecular formula is C25H33N3O6. The van der Waals surface area contributed by atoms with Crippen molar-refractivity contribution in [1.29, 1.82) is 0 Å². The summed E-state index contributed by atoms with van der Waals surface area (Å²) >= 11 is 0. The normalized spacial score (nSPS) is 12.4. The molecule has 2 N–H and O–H groups in total. The number of fused-ring (bicyclic) bond motifs is 1. The van der Waals surface area contributed by atoms with Crippen molar-refractivity contribution in [2.24, 2.45) is 0 Å². The van der Waals surface area contributed by atoms with Gasteiger partial charge in [-0.05, 0) is 59.2 Å². The predicted molar refractivity (Wildman–Crippen MR) is 128 cm³/mol. The molecule has 0 aliphatic rings. The number of pyridine rings is 1. The number of rotatable bonds is 7. The van der Waals surface area contributed by atoms with Crippen LogP contribution in [0.15, 0.2) is 24.4 Å². The molecule has 2 heterocycles. The van der Waals surface area contributed by atoms with Gasteiger partial charge in [0.1, 0.15) is 28.7 Å². The van der Waals surface area contributed by atoms with Crippen molar-refractivity contribution in [2.45, 2.75) is 71.8 Å². The molecule has 0 aliphatic carbocycles. The lowest BCUT2D eigenvalue weighted by molar-refractivity contribution is -0.123. The lowest BCUT2D eigenvalue weighted by Gasteiger charge is -2.22. The van der Waals surface area contributed by atoms with Crippen LogP contribution < -0.4 is 15.4 Å². The molecule has 0 aliphatic heterocycles. The van der Waals surface area contributed by atoms with E-state index >= 15 is 0 Å². The van der Waals surface area contributed by atoms with Crippen molar-refractivity contribution in [3.63, 3.8) is 0 Å². The molecule has 0 bridgehead atoms. The largest absolute Gasteiger partial charge is 0.497 e. The summed E-state index contributed by atoms with van der Waals surface area (Å²) in [4.78, 5) is 37.7. The van der Waals surface area contributed by atoms with Gasteiger partial charge < -0.3 is 29.2 Å². The maximum Gasteiger partial charge on any atom is 0.408 e. The van der Waals surface area contributed by atoms with Crippen LogP contribution in [0.4, 0.5) is 4.79 Å². The Morgan fingerprint density at radius 2 is 1.74 bits per heavy atom. The van der Waals surface area contributed by atoms with Gasteiger partial charge in [-0.25, -0.2) is 9.59 Å². The summed E-state index contributed by atoms with van der Waals surface area (Å²) < 4.78 is 17.7. The van der Waals surface area contributed by atoms with Crippen molar-refractivity contribution in [1.82, 2.24) is 15.0 Å². The summed E-state index contributed by atoms with van der Waals surface area (Å²) in [6.45, 7) is 10.6. The maximum absolute atomic E-state index is 12.8. The van der Waals surface area contributed by atoms with Crippen LogP contribution in [0.1, 0.15) is 64.0 Å². The summed E-state index contributed by atoms with van der Waals surface area (Å²) in [6, 6.07) is 4.15. The number of aromatic nitrogens is 1. The van der Waals surface area contributed by atoms with E-state index in [0.29, 0.717) is 22.5 Å². The Hall–Kier alpha value is -3.67. The third-order valence-electron chi connectivity index (χ3n) is 4.45. The zero-order chi connectivity index (χ0) is 25.7. The van der Waals surface area contributed by atoms with E-state index in [1.807, 2.05) is 0 Å². The number of carbonyl (C=O) groups is 3. The molecule has 9 nitrogen and oxygen atoms in total. The third kappa shape index (κ3) is 7.44. The zero-order valence-corrected chi connectivity index (χ0v) is 20.8. The minimum Gasteiger partial charge on any atom is -0.497 e. The van der Waals surface area contributed by atoms with Gasteiger partial charge in [0.25, 0.3) is 0 Å². The Labute approximate surface area is 200 Å². The van der Waals surface area contributed by atoms with Crippen molar-refractivity contribution >= 4 is 23.5 Å². The second-order valence-corrected chi connectivity index (χ2v) is 9.70. The zero-order valence-electron chi connectivity index (χ0n) is 20.8. The van der Waals surface area contributed by atoms with E-state index < -0.39 is 35.2 Å². The number of carbonyl (C=O) groups excluding carboxylic acids is 3. The molecule has 0 fully saturated rings. The van der Waals surface area contributed by atoms with Crippen LogP contribution >= 0.6 is 0 Å². The molecule has 2 aromatic heterocycles. The number of amides is 2. The predicted octanol–water partition coefficient (Wildman–Crippen LogP) is 3.44. The van der Waals surface area contributed by atoms with E-state index in [2.05, 4.69) is 16.6 Å². The minimum absolute atomic E-state index is 0.0153. The molecule has 184 valence electrons. The van der Waals surface area contributed by atoms with Gasteiger partial charge in [0.05, 0.1) is 12.6 Å². The Morgan fingerprint density at radius 3 is 2.29 bits per heavy atom. The number of hydrogen-bond donors (Lipinski definition) is 2. The van der Waals surface area contributed by atoms with E-state index in [4.69, 9.17) is 20.6 Å². The molecule has 1 atom stereocenters. The Morgan fingerprint density at radius 1 is 1.09 bits per heavy atom. The molecule has 0 saturated heterocycles. The SMILES string of the molecule is C#CCC(NC(=O)OC(C)(C)C)C(=O)NCc1cc(C(=O)OC(C)(C)C)n2ccc(OC)cc12. The van der Waals surface area contributed by atoms with Gasteiger partial charge in [-0.15, -0.1) is 12.3 Å². The molecule has 2 rings (SSSR count). The van der Waals surface area contributed by atoms with Crippen LogP contribution in [-0.4, -0.2) is 46.7 Å². The molecule has 2 aromatic rings. The first kappa shape index (κ1) is 26.6. The fraction of sp³-hybridized carbons (Fsp3) is 0.480. The van der Waals surface area contributed by atoms with Gasteiger partial charge in [-0.2, -0.15) is 0 Å². The smallest absolute Gasteiger partial charge is 0.408 e. The lowest BCUT2D eigenvalue weighted by Crippen LogP contribution is -2.47. The molecule has 1 unspecified atom stereocenters. The number of terminal acetylenes is 1. The quantitative estimate of drug-likeness (QED) is 0.473. The van der Waals surface area contributed by atoms with Gasteiger partial charge in [-0.3, -0.25) is 4.79 Å². The number of methoxy groups -OCH3 is 1. The van der Waals surface area contributed by atoms with Crippen molar-refractivity contribution < 1.29 is 28.6 Å². The second kappa shape index (κ2) is 10.5. The van der Waals surface area contributed by atoms with E-state index in [0.717, 1.165) is 0 Å². The highest BCUT2D eigenvalue weighted by molar-refractivity contribution is 5.91. The first-order chi connectivity index (χ1) is 15.7. The molecule has 0 spiro atoms. The summed E-state index contributed by atoms with van der Waals surface area (Å²) in [5, 5.41) is 5.27. The Bertz CT molecular complexity index is 1100. The molecule has 0 aromatic carbocycles. The van der Waals surface area contributed by atoms with Gasteiger partial charge in [-0.1, -0.05) is 0 Å². The summed E-state index contributed by atoms with van der Waals surface area (Å²) in [7, 11) is 1.54. The lowest BCUT2D eigenvalue weighted by atomic mass is 10.2. The van der Waals surface area contributed by atoms with Crippen molar-refractivity contribution in [3.05, 3.63) is 35.7 Å². The number of nitrogens with zero attached hydrogens (tertiary/aromatic N) is 1. The number of alkyl carbamates (subject to hydrolysis) is 1. The maximum atomic E-state index is 12.8. The highest BCUT2D eigenvalue weighted by atomic mass is 16.6. The van der Waals surface area contributed by atoms with Crippen molar-refractivity contribution in [2.75, 3.05) is 7.11 Å². The Balaban J connectivity index is 2.26. The monoisotopic (exact) mass is 471 g/mol. The van der Waals surface area contributed by atoms with Gasteiger partial charge in [0.2, 0.25) is 5.91 Å². The molecule has 0 saturated carbocycles. The highest BCUT2D eigenvalue weighted by Gasteiger charge is 2.25. The van der Waals surface area contributed by atoms with Gasteiger partial charge >= 0.3 is 12.1 Å². The fourth-order valence-corrected chi connectivity index (χ4v) is 3.09. The van der Waals surface area contributed by atoms with E-state index in [1.165, 1.54) is 7.11 Å². The van der Waals surface area contributed by atoms with E-state index in [9.17, 15) is 14.4 Å². The number of nitrogens with one attached hydrogen (secondary N) is 2. The minimum atomic E-state index is -0.978. The van der Waals surface area contributed by atoms with Crippen LogP contribution in [0, 0.1) is 12.3 Å². The van der Waals surface area contributed by atoms with Crippen LogP contribution in [0.5, 0.6) is 5.75 Å². The first-order valence-corrected chi connectivity index (χ1v) is 10.9. The van der Waals surface area contributed by atoms with E-state index in [-0.39, 0.29) is 13.0 Å². The molecular weight excluding hydrogens is 438 g/mol. The second-order valence-electron chi connectivity index (χ2n) is 9.70. The van der Waals surface area contributed by atoms with Gasteiger partial charge in [0.15, 0.2) is 0 Å². The molecule has 2 amide bonds. The first-order valence-electron chi connectivity index (χ1n) is 10.9. The summed E-state index contributed by atoms with van der Waals surface area (Å²) in [5.41, 5.74) is 0.240. The van der Waals surface area contributed by atoms with Crippen LogP contribution in [0.3, 0.4) is 0 Å². The summed E-state index contributed by atoms with van der Waals surface area (Å²) in [5.74, 6) is 2.00. The van der Waals surface area contributed by atoms with E-state index in [1.54, 1.807) is 70.3 Å². The molecule has 9 heteroatoms. The topological polar surface area (TPSA) is 107 Å². The average Bonchev–Trinajstić information content (AvgIpc) is 3.07. The third-order valence-corrected chi connectivity index (χ3v) is 4.45. The highest BCUT2D eigenvalue weighted by Crippen LogP contribution is 2.24. The number of hydrogen-bond acceptors (Lipinski definition) is 6. The number of ether oxygens (including phenoxy) is 3. The molecule has 34 heavy (non-hydrogen) atoms. The van der Waals surface area contributed by atoms with Gasteiger partial charge in [0, 0.05) is 25.2 Å². The number of esters is 1. The van der Waals surface area contributed by atoms with Crippen LogP contribution in [0.25, 0.3) is 5.52 Å². The fourth-order valence-electron chi connectivity index (χ4n) is 3.09. The summed E-state index contributed by atoms with van der Waals surface area (Å²) in [6.07, 6.45) is 6.32. The van der Waals surface area contributed by atoms with Crippen molar-refractivity contribution in [3.8, 4) is 18.1 Å².